The summed E-state index contributed by atoms with van der Waals surface area (Å²) < 4.78 is 5.72. The molecule has 2 atom stereocenters. The van der Waals surface area contributed by atoms with Crippen molar-refractivity contribution < 1.29 is 14.9 Å². The van der Waals surface area contributed by atoms with Gasteiger partial charge in [-0.2, -0.15) is 0 Å². The van der Waals surface area contributed by atoms with Crippen LogP contribution in [0.3, 0.4) is 0 Å². The van der Waals surface area contributed by atoms with E-state index in [1.54, 1.807) is 18.2 Å². The number of aromatic hydroxyl groups is 1. The second-order valence-electron chi connectivity index (χ2n) is 6.91. The molecule has 1 aliphatic carbocycles. The SMILES string of the molecule is N[C@H](c1ccc(OCc2ccccc2)cc1O)[C@@H](O)C1CCCCC1. The van der Waals surface area contributed by atoms with Crippen molar-refractivity contribution in [3.05, 3.63) is 59.7 Å². The summed E-state index contributed by atoms with van der Waals surface area (Å²) in [6, 6.07) is 14.4. The summed E-state index contributed by atoms with van der Waals surface area (Å²) in [5.74, 6) is 0.884. The maximum absolute atomic E-state index is 10.6. The van der Waals surface area contributed by atoms with Crippen LogP contribution in [0.25, 0.3) is 0 Å². The minimum absolute atomic E-state index is 0.0768. The van der Waals surface area contributed by atoms with E-state index in [2.05, 4.69) is 0 Å². The number of phenolic OH excluding ortho intramolecular Hbond substituents is 1. The molecule has 0 saturated heterocycles. The molecule has 0 aromatic heterocycles. The second-order valence-corrected chi connectivity index (χ2v) is 6.91. The Balaban J connectivity index is 1.64. The molecule has 4 N–H and O–H groups in total. The van der Waals surface area contributed by atoms with Gasteiger partial charge in [-0.05, 0) is 36.5 Å². The topological polar surface area (TPSA) is 75.7 Å². The fraction of sp³-hybridized carbons (Fsp3) is 0.429. The predicted molar refractivity (Wildman–Crippen MR) is 98.4 cm³/mol. The number of aliphatic hydroxyl groups is 1. The number of rotatable bonds is 6. The molecule has 0 radical (unpaired) electrons. The average molecular weight is 341 g/mol. The largest absolute Gasteiger partial charge is 0.507 e. The van der Waals surface area contributed by atoms with Crippen LogP contribution in [-0.2, 0) is 6.61 Å². The van der Waals surface area contributed by atoms with Crippen LogP contribution in [0.4, 0.5) is 0 Å². The molecule has 0 heterocycles. The van der Waals surface area contributed by atoms with Crippen LogP contribution in [0.5, 0.6) is 11.5 Å². The monoisotopic (exact) mass is 341 g/mol. The lowest BCUT2D eigenvalue weighted by Crippen LogP contribution is -2.34. The predicted octanol–water partition coefficient (Wildman–Crippen LogP) is 3.91. The Bertz CT molecular complexity index is 668. The molecular formula is C21H27NO3. The third-order valence-corrected chi connectivity index (χ3v) is 5.11. The van der Waals surface area contributed by atoms with E-state index in [0.717, 1.165) is 31.2 Å². The molecule has 134 valence electrons. The van der Waals surface area contributed by atoms with Gasteiger partial charge in [-0.3, -0.25) is 0 Å². The number of ether oxygens (including phenoxy) is 1. The van der Waals surface area contributed by atoms with Crippen LogP contribution < -0.4 is 10.5 Å². The summed E-state index contributed by atoms with van der Waals surface area (Å²) in [6.45, 7) is 0.441. The molecule has 4 heteroatoms. The highest BCUT2D eigenvalue weighted by Gasteiger charge is 2.29. The lowest BCUT2D eigenvalue weighted by Gasteiger charge is -2.30. The van der Waals surface area contributed by atoms with Gasteiger partial charge in [-0.25, -0.2) is 0 Å². The van der Waals surface area contributed by atoms with Crippen molar-refractivity contribution in [2.24, 2.45) is 11.7 Å². The van der Waals surface area contributed by atoms with Crippen LogP contribution in [0.15, 0.2) is 48.5 Å². The van der Waals surface area contributed by atoms with E-state index in [0.29, 0.717) is 17.9 Å². The molecule has 1 saturated carbocycles. The molecular weight excluding hydrogens is 314 g/mol. The van der Waals surface area contributed by atoms with Crippen molar-refractivity contribution in [2.45, 2.75) is 50.9 Å². The van der Waals surface area contributed by atoms with Gasteiger partial charge in [0.25, 0.3) is 0 Å². The standard InChI is InChI=1S/C21H27NO3/c22-20(21(24)16-9-5-2-6-10-16)18-12-11-17(13-19(18)23)25-14-15-7-3-1-4-8-15/h1,3-4,7-8,11-13,16,20-21,23-24H,2,5-6,9-10,14,22H2/t20-,21+/m1/s1. The Labute approximate surface area is 149 Å². The first-order valence-corrected chi connectivity index (χ1v) is 9.08. The number of nitrogens with two attached hydrogens (primary N) is 1. The van der Waals surface area contributed by atoms with Crippen LogP contribution in [0, 0.1) is 5.92 Å². The maximum atomic E-state index is 10.6. The minimum atomic E-state index is -0.623. The minimum Gasteiger partial charge on any atom is -0.507 e. The Morgan fingerprint density at radius 3 is 2.44 bits per heavy atom. The first-order chi connectivity index (χ1) is 12.1. The number of benzene rings is 2. The number of phenols is 1. The smallest absolute Gasteiger partial charge is 0.124 e. The van der Waals surface area contributed by atoms with E-state index in [1.165, 1.54) is 6.42 Å². The van der Waals surface area contributed by atoms with Gasteiger partial charge in [0.05, 0.1) is 12.1 Å². The molecule has 0 spiro atoms. The quantitative estimate of drug-likeness (QED) is 0.744. The van der Waals surface area contributed by atoms with Crippen molar-refractivity contribution in [3.63, 3.8) is 0 Å². The van der Waals surface area contributed by atoms with E-state index >= 15 is 0 Å². The fourth-order valence-corrected chi connectivity index (χ4v) is 3.59. The molecule has 0 unspecified atom stereocenters. The van der Waals surface area contributed by atoms with Gasteiger partial charge in [0.2, 0.25) is 0 Å². The summed E-state index contributed by atoms with van der Waals surface area (Å²) in [7, 11) is 0. The highest BCUT2D eigenvalue weighted by atomic mass is 16.5. The lowest BCUT2D eigenvalue weighted by atomic mass is 9.81. The van der Waals surface area contributed by atoms with Gasteiger partial charge in [-0.15, -0.1) is 0 Å². The Morgan fingerprint density at radius 2 is 1.76 bits per heavy atom. The van der Waals surface area contributed by atoms with Crippen LogP contribution in [0.2, 0.25) is 0 Å². The second kappa shape index (κ2) is 8.37. The third kappa shape index (κ3) is 4.53. The molecule has 1 fully saturated rings. The zero-order valence-corrected chi connectivity index (χ0v) is 14.5. The van der Waals surface area contributed by atoms with E-state index in [4.69, 9.17) is 10.5 Å². The van der Waals surface area contributed by atoms with Crippen molar-refractivity contribution >= 4 is 0 Å². The van der Waals surface area contributed by atoms with Gasteiger partial charge in [0, 0.05) is 11.6 Å². The molecule has 2 aromatic rings. The zero-order valence-electron chi connectivity index (χ0n) is 14.5. The van der Waals surface area contributed by atoms with Gasteiger partial charge in [0.1, 0.15) is 18.1 Å². The van der Waals surface area contributed by atoms with Crippen molar-refractivity contribution in [2.75, 3.05) is 0 Å². The molecule has 1 aliphatic rings. The molecule has 25 heavy (non-hydrogen) atoms. The summed E-state index contributed by atoms with van der Waals surface area (Å²) in [6.07, 6.45) is 4.92. The third-order valence-electron chi connectivity index (χ3n) is 5.11. The number of aliphatic hydroxyl groups excluding tert-OH is 1. The van der Waals surface area contributed by atoms with Crippen molar-refractivity contribution in [1.29, 1.82) is 0 Å². The molecule has 2 aromatic carbocycles. The molecule has 0 aliphatic heterocycles. The first-order valence-electron chi connectivity index (χ1n) is 9.08. The first kappa shape index (κ1) is 17.8. The summed E-state index contributed by atoms with van der Waals surface area (Å²) in [5.41, 5.74) is 7.87. The van der Waals surface area contributed by atoms with Gasteiger partial charge >= 0.3 is 0 Å². The molecule has 0 amide bonds. The van der Waals surface area contributed by atoms with E-state index in [9.17, 15) is 10.2 Å². The van der Waals surface area contributed by atoms with Crippen LogP contribution in [-0.4, -0.2) is 16.3 Å². The van der Waals surface area contributed by atoms with E-state index in [-0.39, 0.29) is 11.7 Å². The molecule has 0 bridgehead atoms. The van der Waals surface area contributed by atoms with E-state index in [1.807, 2.05) is 30.3 Å². The zero-order chi connectivity index (χ0) is 17.6. The highest BCUT2D eigenvalue weighted by molar-refractivity contribution is 5.42. The summed E-state index contributed by atoms with van der Waals surface area (Å²) >= 11 is 0. The van der Waals surface area contributed by atoms with Crippen molar-refractivity contribution in [3.8, 4) is 11.5 Å². The van der Waals surface area contributed by atoms with Crippen LogP contribution in [0.1, 0.15) is 49.3 Å². The van der Waals surface area contributed by atoms with E-state index < -0.39 is 12.1 Å². The van der Waals surface area contributed by atoms with Crippen molar-refractivity contribution in [1.82, 2.24) is 0 Å². The van der Waals surface area contributed by atoms with Gasteiger partial charge in [-0.1, -0.05) is 49.6 Å². The Hall–Kier alpha value is -2.04. The number of hydrogen-bond donors (Lipinski definition) is 3. The summed E-state index contributed by atoms with van der Waals surface area (Å²) in [5, 5.41) is 20.9. The highest BCUT2D eigenvalue weighted by Crippen LogP contribution is 2.35. The number of hydrogen-bond acceptors (Lipinski definition) is 4. The normalized spacial score (nSPS) is 17.8. The lowest BCUT2D eigenvalue weighted by molar-refractivity contribution is 0.0610. The Morgan fingerprint density at radius 1 is 1.04 bits per heavy atom. The van der Waals surface area contributed by atoms with Gasteiger partial charge < -0.3 is 20.7 Å². The summed E-state index contributed by atoms with van der Waals surface area (Å²) in [4.78, 5) is 0. The molecule has 4 nitrogen and oxygen atoms in total. The fourth-order valence-electron chi connectivity index (χ4n) is 3.59. The molecule has 3 rings (SSSR count). The average Bonchev–Trinajstić information content (AvgIpc) is 2.67. The Kier molecular flexibility index (Phi) is 5.95. The van der Waals surface area contributed by atoms with Gasteiger partial charge in [0.15, 0.2) is 0 Å². The maximum Gasteiger partial charge on any atom is 0.124 e. The van der Waals surface area contributed by atoms with Crippen LogP contribution >= 0.6 is 0 Å².